The fourth-order valence-corrected chi connectivity index (χ4v) is 6.17. The first-order chi connectivity index (χ1) is 19.8. The molecule has 2 amide bonds. The molecule has 2 unspecified atom stereocenters. The molecule has 0 saturated carbocycles. The van der Waals surface area contributed by atoms with Crippen molar-refractivity contribution in [1.82, 2.24) is 14.8 Å². The number of pyridine rings is 1. The molecule has 2 aliphatic rings. The van der Waals surface area contributed by atoms with Gasteiger partial charge in [0.25, 0.3) is 0 Å². The molecule has 1 aromatic heterocycles. The number of amides is 2. The average Bonchev–Trinajstić information content (AvgIpc) is 3.47. The van der Waals surface area contributed by atoms with Gasteiger partial charge in [0.1, 0.15) is 11.9 Å². The molecule has 0 spiro atoms. The summed E-state index contributed by atoms with van der Waals surface area (Å²) in [6, 6.07) is 9.86. The van der Waals surface area contributed by atoms with E-state index in [-0.39, 0.29) is 18.0 Å². The Balaban J connectivity index is 1.91. The highest BCUT2D eigenvalue weighted by Crippen LogP contribution is 2.39. The minimum atomic E-state index is -0.340. The number of piperazine rings is 1. The van der Waals surface area contributed by atoms with Crippen LogP contribution in [0.1, 0.15) is 50.3 Å². The van der Waals surface area contributed by atoms with Crippen LogP contribution < -0.4 is 9.80 Å². The van der Waals surface area contributed by atoms with Gasteiger partial charge in [-0.2, -0.15) is 5.26 Å². The first kappa shape index (κ1) is 30.1. The second kappa shape index (κ2) is 13.2. The predicted octanol–water partition coefficient (Wildman–Crippen LogP) is 4.74. The molecule has 2 aromatic rings. The Hall–Kier alpha value is -3.90. The van der Waals surface area contributed by atoms with Gasteiger partial charge in [-0.25, -0.2) is 4.98 Å². The van der Waals surface area contributed by atoms with Crippen LogP contribution in [0.5, 0.6) is 0 Å². The van der Waals surface area contributed by atoms with Crippen LogP contribution in [0.2, 0.25) is 5.02 Å². The number of benzene rings is 1. The lowest BCUT2D eigenvalue weighted by Gasteiger charge is -2.41. The van der Waals surface area contributed by atoms with Gasteiger partial charge in [-0.1, -0.05) is 50.2 Å². The highest BCUT2D eigenvalue weighted by atomic mass is 35.5. The van der Waals surface area contributed by atoms with Crippen LogP contribution in [-0.2, 0) is 22.4 Å². The van der Waals surface area contributed by atoms with Crippen LogP contribution in [0.4, 0.5) is 17.3 Å². The second-order valence-corrected chi connectivity index (χ2v) is 10.7. The van der Waals surface area contributed by atoms with Gasteiger partial charge in [0.05, 0.1) is 22.3 Å². The Labute approximate surface area is 247 Å². The number of hydrogen-bond acceptors (Lipinski definition) is 6. The molecule has 0 aliphatic carbocycles. The molecule has 1 aromatic carbocycles. The number of aliphatic imine (C=N–C) groups is 1. The molecule has 10 heteroatoms. The van der Waals surface area contributed by atoms with Gasteiger partial charge in [0.2, 0.25) is 12.3 Å². The number of anilines is 3. The van der Waals surface area contributed by atoms with Crippen LogP contribution in [0.15, 0.2) is 41.9 Å². The fraction of sp³-hybridized carbons (Fsp3) is 0.452. The lowest BCUT2D eigenvalue weighted by atomic mass is 10.0. The number of halogens is 1. The molecule has 0 bridgehead atoms. The van der Waals surface area contributed by atoms with E-state index in [1.54, 1.807) is 16.8 Å². The third kappa shape index (κ3) is 5.80. The van der Waals surface area contributed by atoms with E-state index in [1.807, 2.05) is 36.1 Å². The molecular formula is C31H38ClN7O2. The smallest absolute Gasteiger partial charge is 0.246 e. The Morgan fingerprint density at radius 2 is 1.98 bits per heavy atom. The van der Waals surface area contributed by atoms with Gasteiger partial charge in [-0.3, -0.25) is 19.5 Å². The van der Waals surface area contributed by atoms with Crippen molar-refractivity contribution in [2.24, 2.45) is 4.99 Å². The van der Waals surface area contributed by atoms with Crippen molar-refractivity contribution in [1.29, 1.82) is 5.26 Å². The lowest BCUT2D eigenvalue weighted by Crippen LogP contribution is -2.55. The number of amidine groups is 1. The summed E-state index contributed by atoms with van der Waals surface area (Å²) in [5, 5.41) is 10.2. The molecule has 9 nitrogen and oxygen atoms in total. The summed E-state index contributed by atoms with van der Waals surface area (Å²) in [5.41, 5.74) is 3.47. The van der Waals surface area contributed by atoms with Crippen LogP contribution in [-0.4, -0.2) is 78.2 Å². The Morgan fingerprint density at radius 1 is 1.27 bits per heavy atom. The minimum Gasteiger partial charge on any atom is -0.350 e. The van der Waals surface area contributed by atoms with Crippen molar-refractivity contribution >= 4 is 47.1 Å². The largest absolute Gasteiger partial charge is 0.350 e. The van der Waals surface area contributed by atoms with Crippen molar-refractivity contribution in [3.8, 4) is 6.07 Å². The van der Waals surface area contributed by atoms with E-state index in [9.17, 15) is 14.9 Å². The average molecular weight is 576 g/mol. The normalized spacial score (nSPS) is 19.2. The highest BCUT2D eigenvalue weighted by Gasteiger charge is 2.34. The zero-order chi connectivity index (χ0) is 29.7. The van der Waals surface area contributed by atoms with Gasteiger partial charge < -0.3 is 14.7 Å². The van der Waals surface area contributed by atoms with Crippen molar-refractivity contribution in [3.05, 3.63) is 58.6 Å². The maximum Gasteiger partial charge on any atom is 0.246 e. The topological polar surface area (TPSA) is 96.1 Å². The summed E-state index contributed by atoms with van der Waals surface area (Å²) >= 11 is 6.92. The zero-order valence-corrected chi connectivity index (χ0v) is 25.1. The SMILES string of the molecule is C=CC(=O)N1CCN(/C(=N/C)c2cc(Cl)c(N3CCCC3C#N)nc2N(C=O)c2c(CC)cccc2CC)C(C)C1. The molecule has 3 heterocycles. The van der Waals surface area contributed by atoms with Crippen LogP contribution in [0.25, 0.3) is 0 Å². The zero-order valence-electron chi connectivity index (χ0n) is 24.3. The van der Waals surface area contributed by atoms with Gasteiger partial charge in [0, 0.05) is 39.3 Å². The van der Waals surface area contributed by atoms with Gasteiger partial charge >= 0.3 is 0 Å². The number of carbonyl (C=O) groups is 2. The number of aryl methyl sites for hydroxylation is 2. The fourth-order valence-electron chi connectivity index (χ4n) is 5.91. The third-order valence-corrected chi connectivity index (χ3v) is 8.27. The minimum absolute atomic E-state index is 0.0574. The third-order valence-electron chi connectivity index (χ3n) is 7.99. The number of rotatable bonds is 8. The molecule has 0 radical (unpaired) electrons. The highest BCUT2D eigenvalue weighted by molar-refractivity contribution is 6.33. The summed E-state index contributed by atoms with van der Waals surface area (Å²) in [7, 11) is 1.71. The van der Waals surface area contributed by atoms with Crippen LogP contribution in [0, 0.1) is 11.3 Å². The monoisotopic (exact) mass is 575 g/mol. The number of hydrogen-bond donors (Lipinski definition) is 0. The molecule has 2 atom stereocenters. The van der Waals surface area contributed by atoms with Crippen molar-refractivity contribution in [3.63, 3.8) is 0 Å². The molecule has 216 valence electrons. The Morgan fingerprint density at radius 3 is 2.54 bits per heavy atom. The molecular weight excluding hydrogens is 538 g/mol. The van der Waals surface area contributed by atoms with Crippen LogP contribution >= 0.6 is 11.6 Å². The molecule has 41 heavy (non-hydrogen) atoms. The quantitative estimate of drug-likeness (QED) is 0.195. The Kier molecular flexibility index (Phi) is 9.66. The number of para-hydroxylation sites is 1. The van der Waals surface area contributed by atoms with E-state index < -0.39 is 0 Å². The molecule has 2 aliphatic heterocycles. The summed E-state index contributed by atoms with van der Waals surface area (Å²) in [6.45, 7) is 12.0. The van der Waals surface area contributed by atoms with E-state index in [0.717, 1.165) is 48.9 Å². The predicted molar refractivity (Wildman–Crippen MR) is 164 cm³/mol. The summed E-state index contributed by atoms with van der Waals surface area (Å²) in [4.78, 5) is 42.5. The molecule has 2 fully saturated rings. The summed E-state index contributed by atoms with van der Waals surface area (Å²) < 4.78 is 0. The first-order valence-corrected chi connectivity index (χ1v) is 14.6. The molecule has 4 rings (SSSR count). The van der Waals surface area contributed by atoms with E-state index >= 15 is 0 Å². The maximum absolute atomic E-state index is 13.0. The maximum atomic E-state index is 13.0. The van der Waals surface area contributed by atoms with Crippen molar-refractivity contribution in [2.45, 2.75) is 58.5 Å². The van der Waals surface area contributed by atoms with Crippen LogP contribution in [0.3, 0.4) is 0 Å². The van der Waals surface area contributed by atoms with Crippen molar-refractivity contribution < 1.29 is 9.59 Å². The van der Waals surface area contributed by atoms with E-state index in [4.69, 9.17) is 16.6 Å². The van der Waals surface area contributed by atoms with Gasteiger partial charge in [0.15, 0.2) is 11.6 Å². The van der Waals surface area contributed by atoms with Gasteiger partial charge in [-0.05, 0) is 55.9 Å². The number of nitrogens with zero attached hydrogens (tertiary/aromatic N) is 7. The molecule has 2 saturated heterocycles. The van der Waals surface area contributed by atoms with E-state index in [1.165, 1.54) is 6.08 Å². The number of carbonyl (C=O) groups excluding carboxylic acids is 2. The van der Waals surface area contributed by atoms with Gasteiger partial charge in [-0.15, -0.1) is 0 Å². The standard InChI is InChI=1S/C31H38ClN7O2/c1-6-22-11-9-12-23(7-2)28(22)39(20-40)30-25(17-26(32)31(35-30)38-14-10-13-24(38)18-33)29(34-5)37-16-15-36(19-21(37)4)27(41)8-3/h8-9,11-12,17,20-21,24H,3,6-7,10,13-16,19H2,1-2,4-5H3/b34-29+. The van der Waals surface area contributed by atoms with E-state index in [0.29, 0.717) is 54.2 Å². The summed E-state index contributed by atoms with van der Waals surface area (Å²) in [5.74, 6) is 1.43. The second-order valence-electron chi connectivity index (χ2n) is 10.3. The lowest BCUT2D eigenvalue weighted by molar-refractivity contribution is -0.128. The number of nitriles is 1. The molecule has 0 N–H and O–H groups in total. The Bertz CT molecular complexity index is 1360. The van der Waals surface area contributed by atoms with Crippen molar-refractivity contribution in [2.75, 3.05) is 43.0 Å². The number of aromatic nitrogens is 1. The summed E-state index contributed by atoms with van der Waals surface area (Å²) in [6.07, 6.45) is 5.20. The van der Waals surface area contributed by atoms with E-state index in [2.05, 4.69) is 36.4 Å². The first-order valence-electron chi connectivity index (χ1n) is 14.2.